The molecule has 25 heavy (non-hydrogen) atoms. The fraction of sp³-hybridized carbons (Fsp3) is 0.652. The largest absolute Gasteiger partial charge is 0.399 e. The molecule has 0 radical (unpaired) electrons. The van der Waals surface area contributed by atoms with Crippen molar-refractivity contribution in [3.8, 4) is 0 Å². The van der Waals surface area contributed by atoms with Gasteiger partial charge in [-0.2, -0.15) is 0 Å². The van der Waals surface area contributed by atoms with E-state index in [1.165, 1.54) is 88.3 Å². The van der Waals surface area contributed by atoms with Crippen LogP contribution in [0.1, 0.15) is 89.5 Å². The average Bonchev–Trinajstić information content (AvgIpc) is 3.31. The number of nitrogen functional groups attached to an aromatic ring is 1. The van der Waals surface area contributed by atoms with Crippen molar-refractivity contribution in [2.45, 2.75) is 96.1 Å². The van der Waals surface area contributed by atoms with E-state index in [1.807, 2.05) is 0 Å². The van der Waals surface area contributed by atoms with Gasteiger partial charge < -0.3 is 10.6 Å². The van der Waals surface area contributed by atoms with E-state index in [0.29, 0.717) is 0 Å². The third-order valence-electron chi connectivity index (χ3n) is 6.04. The van der Waals surface area contributed by atoms with Crippen LogP contribution in [0.2, 0.25) is 0 Å². The molecule has 0 saturated heterocycles. The molecule has 2 fully saturated rings. The number of nitrogens with two attached hydrogens (primary N) is 1. The molecule has 2 aliphatic rings. The summed E-state index contributed by atoms with van der Waals surface area (Å²) in [6.07, 6.45) is 20.8. The molecule has 0 unspecified atom stereocenters. The molecule has 0 bridgehead atoms. The highest BCUT2D eigenvalue weighted by Crippen LogP contribution is 2.38. The van der Waals surface area contributed by atoms with Crippen molar-refractivity contribution in [3.63, 3.8) is 0 Å². The van der Waals surface area contributed by atoms with Crippen LogP contribution in [-0.2, 0) is 0 Å². The van der Waals surface area contributed by atoms with Crippen molar-refractivity contribution >= 4 is 17.5 Å². The van der Waals surface area contributed by atoms with Crippen LogP contribution in [0.4, 0.5) is 11.4 Å². The molecule has 0 aromatic heterocycles. The van der Waals surface area contributed by atoms with Crippen molar-refractivity contribution in [1.29, 1.82) is 0 Å². The van der Waals surface area contributed by atoms with Gasteiger partial charge in [0.25, 0.3) is 0 Å². The van der Waals surface area contributed by atoms with Gasteiger partial charge in [-0.15, -0.1) is 0 Å². The van der Waals surface area contributed by atoms with Gasteiger partial charge in [0.05, 0.1) is 0 Å². The van der Waals surface area contributed by atoms with Crippen LogP contribution in [0.15, 0.2) is 24.3 Å². The van der Waals surface area contributed by atoms with Crippen LogP contribution in [0.25, 0.3) is 6.08 Å². The Morgan fingerprint density at radius 1 is 1.00 bits per heavy atom. The predicted molar refractivity (Wildman–Crippen MR) is 111 cm³/mol. The van der Waals surface area contributed by atoms with Gasteiger partial charge in [0.2, 0.25) is 0 Å². The lowest BCUT2D eigenvalue weighted by Crippen LogP contribution is -2.41. The van der Waals surface area contributed by atoms with Gasteiger partial charge in [0, 0.05) is 23.5 Å². The normalized spacial score (nSPS) is 19.2. The summed E-state index contributed by atoms with van der Waals surface area (Å²) in [5.41, 5.74) is 9.87. The summed E-state index contributed by atoms with van der Waals surface area (Å²) in [4.78, 5) is 2.78. The smallest absolute Gasteiger partial charge is 0.0465 e. The number of anilines is 2. The number of rotatable bonds is 8. The lowest BCUT2D eigenvalue weighted by molar-refractivity contribution is 0.513. The molecule has 2 nitrogen and oxygen atoms in total. The first kappa shape index (κ1) is 18.4. The average molecular weight is 341 g/mol. The van der Waals surface area contributed by atoms with E-state index in [9.17, 15) is 0 Å². The SMILES string of the molecule is CCCCCC=Cc1ccc(N)cc1N(C1CCCC1)C1CCCC1. The maximum atomic E-state index is 6.21. The maximum absolute atomic E-state index is 6.21. The van der Waals surface area contributed by atoms with Crippen molar-refractivity contribution in [1.82, 2.24) is 0 Å². The Labute approximate surface area is 154 Å². The number of nitrogens with zero attached hydrogens (tertiary/aromatic N) is 1. The fourth-order valence-electron chi connectivity index (χ4n) is 4.70. The molecule has 1 aromatic rings. The van der Waals surface area contributed by atoms with Gasteiger partial charge in [0.1, 0.15) is 0 Å². The Kier molecular flexibility index (Phi) is 6.84. The third kappa shape index (κ3) is 4.80. The van der Waals surface area contributed by atoms with E-state index in [4.69, 9.17) is 5.73 Å². The number of allylic oxidation sites excluding steroid dienone is 1. The first-order valence-electron chi connectivity index (χ1n) is 10.6. The standard InChI is InChI=1S/C23H36N2/c1-2-3-4-5-6-11-19-16-17-20(24)18-23(19)25(21-12-7-8-13-21)22-14-9-10-15-22/h6,11,16-18,21-22H,2-5,7-10,12-15,24H2,1H3. The first-order chi connectivity index (χ1) is 12.3. The summed E-state index contributed by atoms with van der Waals surface area (Å²) in [5.74, 6) is 0. The van der Waals surface area contributed by atoms with Crippen LogP contribution in [0.5, 0.6) is 0 Å². The topological polar surface area (TPSA) is 29.3 Å². The zero-order chi connectivity index (χ0) is 17.5. The monoisotopic (exact) mass is 340 g/mol. The molecule has 0 amide bonds. The van der Waals surface area contributed by atoms with Gasteiger partial charge >= 0.3 is 0 Å². The predicted octanol–water partition coefficient (Wildman–Crippen LogP) is 6.55. The highest BCUT2D eigenvalue weighted by molar-refractivity contribution is 5.72. The maximum Gasteiger partial charge on any atom is 0.0465 e. The summed E-state index contributed by atoms with van der Waals surface area (Å²) in [7, 11) is 0. The fourth-order valence-corrected chi connectivity index (χ4v) is 4.70. The molecule has 2 aliphatic carbocycles. The molecular weight excluding hydrogens is 304 g/mol. The quantitative estimate of drug-likeness (QED) is 0.429. The molecule has 0 heterocycles. The Morgan fingerprint density at radius 3 is 2.24 bits per heavy atom. The van der Waals surface area contributed by atoms with Gasteiger partial charge in [-0.05, 0) is 56.2 Å². The summed E-state index contributed by atoms with van der Waals surface area (Å²) < 4.78 is 0. The second kappa shape index (κ2) is 9.31. The highest BCUT2D eigenvalue weighted by Gasteiger charge is 2.31. The van der Waals surface area contributed by atoms with E-state index in [2.05, 4.69) is 42.2 Å². The summed E-state index contributed by atoms with van der Waals surface area (Å²) in [6.45, 7) is 2.27. The molecule has 3 rings (SSSR count). The zero-order valence-electron chi connectivity index (χ0n) is 16.1. The lowest BCUT2D eigenvalue weighted by atomic mass is 10.0. The molecule has 1 aromatic carbocycles. The molecule has 0 spiro atoms. The van der Waals surface area contributed by atoms with Crippen LogP contribution < -0.4 is 10.6 Å². The van der Waals surface area contributed by atoms with Crippen molar-refractivity contribution < 1.29 is 0 Å². The second-order valence-electron chi connectivity index (χ2n) is 8.00. The van der Waals surface area contributed by atoms with E-state index in [-0.39, 0.29) is 0 Å². The third-order valence-corrected chi connectivity index (χ3v) is 6.04. The van der Waals surface area contributed by atoms with Gasteiger partial charge in [0.15, 0.2) is 0 Å². The Hall–Kier alpha value is -1.44. The number of hydrogen-bond donors (Lipinski definition) is 1. The minimum absolute atomic E-state index is 0.720. The molecule has 0 atom stereocenters. The van der Waals surface area contributed by atoms with Gasteiger partial charge in [-0.1, -0.05) is 63.7 Å². The van der Waals surface area contributed by atoms with E-state index in [0.717, 1.165) is 17.8 Å². The molecule has 0 aliphatic heterocycles. The van der Waals surface area contributed by atoms with Crippen LogP contribution in [0.3, 0.4) is 0 Å². The number of benzene rings is 1. The first-order valence-corrected chi connectivity index (χ1v) is 10.6. The van der Waals surface area contributed by atoms with Crippen LogP contribution in [0, 0.1) is 0 Å². The molecule has 2 heteroatoms. The highest BCUT2D eigenvalue weighted by atomic mass is 15.2. The lowest BCUT2D eigenvalue weighted by Gasteiger charge is -2.38. The van der Waals surface area contributed by atoms with Crippen molar-refractivity contribution in [2.75, 3.05) is 10.6 Å². The number of hydrogen-bond acceptors (Lipinski definition) is 2. The second-order valence-corrected chi connectivity index (χ2v) is 8.00. The van der Waals surface area contributed by atoms with Gasteiger partial charge in [-0.25, -0.2) is 0 Å². The Morgan fingerprint density at radius 2 is 1.64 bits per heavy atom. The molecule has 2 N–H and O–H groups in total. The molecule has 2 saturated carbocycles. The Balaban J connectivity index is 1.84. The van der Waals surface area contributed by atoms with Crippen LogP contribution >= 0.6 is 0 Å². The molecule has 138 valence electrons. The van der Waals surface area contributed by atoms with Gasteiger partial charge in [-0.3, -0.25) is 0 Å². The summed E-state index contributed by atoms with van der Waals surface area (Å²) >= 11 is 0. The van der Waals surface area contributed by atoms with Crippen molar-refractivity contribution in [3.05, 3.63) is 29.8 Å². The van der Waals surface area contributed by atoms with E-state index >= 15 is 0 Å². The summed E-state index contributed by atoms with van der Waals surface area (Å²) in [6, 6.07) is 7.98. The van der Waals surface area contributed by atoms with E-state index in [1.54, 1.807) is 0 Å². The Bertz CT molecular complexity index is 535. The van der Waals surface area contributed by atoms with E-state index < -0.39 is 0 Å². The summed E-state index contributed by atoms with van der Waals surface area (Å²) in [5, 5.41) is 0. The zero-order valence-corrected chi connectivity index (χ0v) is 16.1. The minimum Gasteiger partial charge on any atom is -0.399 e. The van der Waals surface area contributed by atoms with Crippen molar-refractivity contribution in [2.24, 2.45) is 0 Å². The van der Waals surface area contributed by atoms with Crippen LogP contribution in [-0.4, -0.2) is 12.1 Å². The number of unbranched alkanes of at least 4 members (excludes halogenated alkanes) is 3. The molecular formula is C23H36N2. The minimum atomic E-state index is 0.720.